The summed E-state index contributed by atoms with van der Waals surface area (Å²) in [6, 6.07) is 4.87. The van der Waals surface area contributed by atoms with Crippen LogP contribution in [0.3, 0.4) is 0 Å². The molecule has 4 nitrogen and oxygen atoms in total. The highest BCUT2D eigenvalue weighted by Crippen LogP contribution is 2.34. The molecule has 6 heteroatoms. The van der Waals surface area contributed by atoms with E-state index < -0.39 is 0 Å². The van der Waals surface area contributed by atoms with E-state index >= 15 is 0 Å². The molecule has 0 amide bonds. The molecule has 2 rings (SSSR count). The van der Waals surface area contributed by atoms with Gasteiger partial charge >= 0.3 is 0 Å². The lowest BCUT2D eigenvalue weighted by Crippen LogP contribution is -1.99. The molecule has 1 aromatic carbocycles. The van der Waals surface area contributed by atoms with E-state index in [4.69, 9.17) is 27.9 Å². The number of hydrogen-bond donors (Lipinski definition) is 1. The van der Waals surface area contributed by atoms with E-state index in [1.54, 1.807) is 12.1 Å². The highest BCUT2D eigenvalue weighted by Gasteiger charge is 2.16. The number of hydrogen-bond acceptors (Lipinski definition) is 4. The van der Waals surface area contributed by atoms with Gasteiger partial charge in [-0.1, -0.05) is 37.0 Å². The van der Waals surface area contributed by atoms with Crippen LogP contribution < -0.4 is 4.74 Å². The van der Waals surface area contributed by atoms with E-state index in [1.807, 2.05) is 13.8 Å². The maximum atomic E-state index is 9.79. The zero-order valence-corrected chi connectivity index (χ0v) is 12.8. The lowest BCUT2D eigenvalue weighted by atomic mass is 10.1. The van der Waals surface area contributed by atoms with Crippen LogP contribution in [0, 0.1) is 0 Å². The first-order valence-corrected chi connectivity index (χ1v) is 6.80. The number of phenolic OH excluding ortho intramolecular Hbond substituents is 1. The smallest absolute Gasteiger partial charge is 0.162 e. The molecule has 20 heavy (non-hydrogen) atoms. The first kappa shape index (κ1) is 14.9. The molecule has 1 aromatic heterocycles. The van der Waals surface area contributed by atoms with Crippen LogP contribution in [0.15, 0.2) is 18.2 Å². The summed E-state index contributed by atoms with van der Waals surface area (Å²) in [6.07, 6.45) is 0. The number of aromatic hydroxyl groups is 1. The number of aromatic nitrogens is 2. The van der Waals surface area contributed by atoms with Gasteiger partial charge in [0.05, 0.1) is 7.11 Å². The summed E-state index contributed by atoms with van der Waals surface area (Å²) in [6.45, 7) is 3.94. The molecule has 0 fully saturated rings. The van der Waals surface area contributed by atoms with Crippen molar-refractivity contribution in [1.82, 2.24) is 9.97 Å². The monoisotopic (exact) mass is 312 g/mol. The van der Waals surface area contributed by atoms with Crippen LogP contribution in [0.4, 0.5) is 0 Å². The molecule has 0 saturated carbocycles. The van der Waals surface area contributed by atoms with Gasteiger partial charge in [0.2, 0.25) is 0 Å². The fraction of sp³-hybridized carbons (Fsp3) is 0.286. The predicted octanol–water partition coefficient (Wildman–Crippen LogP) is 4.29. The minimum Gasteiger partial charge on any atom is -0.504 e. The van der Waals surface area contributed by atoms with Crippen molar-refractivity contribution in [2.45, 2.75) is 19.8 Å². The van der Waals surface area contributed by atoms with Gasteiger partial charge in [-0.2, -0.15) is 0 Å². The van der Waals surface area contributed by atoms with Gasteiger partial charge in [-0.05, 0) is 24.1 Å². The maximum Gasteiger partial charge on any atom is 0.162 e. The van der Waals surface area contributed by atoms with Crippen LogP contribution in [0.1, 0.15) is 25.3 Å². The number of ether oxygens (including phenoxy) is 1. The van der Waals surface area contributed by atoms with Gasteiger partial charge in [0, 0.05) is 11.1 Å². The largest absolute Gasteiger partial charge is 0.504 e. The second-order valence-electron chi connectivity index (χ2n) is 4.58. The Kier molecular flexibility index (Phi) is 4.35. The van der Waals surface area contributed by atoms with Crippen LogP contribution in [0.25, 0.3) is 11.4 Å². The van der Waals surface area contributed by atoms with Gasteiger partial charge in [-0.25, -0.2) is 9.97 Å². The Hall–Kier alpha value is -1.52. The number of phenols is 1. The summed E-state index contributed by atoms with van der Waals surface area (Å²) in [4.78, 5) is 8.48. The van der Waals surface area contributed by atoms with Gasteiger partial charge in [0.15, 0.2) is 17.3 Å². The molecular formula is C14H14Cl2N2O2. The summed E-state index contributed by atoms with van der Waals surface area (Å²) in [5.74, 6) is 0.884. The second-order valence-corrected chi connectivity index (χ2v) is 5.30. The van der Waals surface area contributed by atoms with E-state index in [2.05, 4.69) is 9.97 Å². The second kappa shape index (κ2) is 5.85. The van der Waals surface area contributed by atoms with Gasteiger partial charge in [0.1, 0.15) is 10.3 Å². The molecule has 0 atom stereocenters. The molecule has 106 valence electrons. The van der Waals surface area contributed by atoms with Crippen LogP contribution >= 0.6 is 23.2 Å². The quantitative estimate of drug-likeness (QED) is 0.859. The highest BCUT2D eigenvalue weighted by molar-refractivity contribution is 6.34. The average Bonchev–Trinajstić information content (AvgIpc) is 2.37. The molecule has 0 bridgehead atoms. The van der Waals surface area contributed by atoms with Crippen molar-refractivity contribution in [3.63, 3.8) is 0 Å². The summed E-state index contributed by atoms with van der Waals surface area (Å²) in [7, 11) is 1.48. The van der Waals surface area contributed by atoms with Gasteiger partial charge < -0.3 is 9.84 Å². The third-order valence-electron chi connectivity index (χ3n) is 2.87. The van der Waals surface area contributed by atoms with Crippen LogP contribution in [-0.4, -0.2) is 22.2 Å². The number of halogens is 2. The Morgan fingerprint density at radius 2 is 1.75 bits per heavy atom. The number of rotatable bonds is 3. The van der Waals surface area contributed by atoms with E-state index in [0.29, 0.717) is 27.4 Å². The van der Waals surface area contributed by atoms with Crippen molar-refractivity contribution < 1.29 is 9.84 Å². The Labute approximate surface area is 127 Å². The van der Waals surface area contributed by atoms with Crippen molar-refractivity contribution in [2.75, 3.05) is 7.11 Å². The first-order chi connectivity index (χ1) is 9.43. The molecule has 1 heterocycles. The van der Waals surface area contributed by atoms with Crippen molar-refractivity contribution in [3.8, 4) is 22.9 Å². The molecule has 0 aliphatic heterocycles. The molecule has 0 radical (unpaired) electrons. The Morgan fingerprint density at radius 3 is 2.20 bits per heavy atom. The molecule has 0 unspecified atom stereocenters. The highest BCUT2D eigenvalue weighted by atomic mass is 35.5. The van der Waals surface area contributed by atoms with E-state index in [9.17, 15) is 5.11 Å². The topological polar surface area (TPSA) is 55.2 Å². The molecule has 0 saturated heterocycles. The van der Waals surface area contributed by atoms with Gasteiger partial charge in [-0.15, -0.1) is 0 Å². The van der Waals surface area contributed by atoms with Crippen molar-refractivity contribution in [2.24, 2.45) is 0 Å². The fourth-order valence-electron chi connectivity index (χ4n) is 1.85. The molecule has 0 aliphatic rings. The summed E-state index contributed by atoms with van der Waals surface area (Å²) in [5.41, 5.74) is 1.33. The third-order valence-corrected chi connectivity index (χ3v) is 3.44. The van der Waals surface area contributed by atoms with Gasteiger partial charge in [0.25, 0.3) is 0 Å². The number of nitrogens with zero attached hydrogens (tertiary/aromatic N) is 2. The minimum atomic E-state index is 0.00813. The van der Waals surface area contributed by atoms with Gasteiger partial charge in [-0.3, -0.25) is 0 Å². The fourth-order valence-corrected chi connectivity index (χ4v) is 2.68. The first-order valence-electron chi connectivity index (χ1n) is 6.04. The lowest BCUT2D eigenvalue weighted by Gasteiger charge is -2.11. The summed E-state index contributed by atoms with van der Waals surface area (Å²) >= 11 is 12.3. The van der Waals surface area contributed by atoms with Crippen molar-refractivity contribution in [1.29, 1.82) is 0 Å². The molecule has 1 N–H and O–H groups in total. The zero-order chi connectivity index (χ0) is 14.9. The van der Waals surface area contributed by atoms with Crippen LogP contribution in [-0.2, 0) is 0 Å². The molecule has 0 spiro atoms. The maximum absolute atomic E-state index is 9.79. The van der Waals surface area contributed by atoms with Crippen molar-refractivity contribution >= 4 is 23.2 Å². The lowest BCUT2D eigenvalue weighted by molar-refractivity contribution is 0.373. The predicted molar refractivity (Wildman–Crippen MR) is 79.8 cm³/mol. The van der Waals surface area contributed by atoms with E-state index in [1.165, 1.54) is 13.2 Å². The Balaban J connectivity index is 2.51. The normalized spacial score (nSPS) is 10.9. The molecular weight excluding hydrogens is 299 g/mol. The Bertz CT molecular complexity index is 622. The third kappa shape index (κ3) is 2.81. The summed E-state index contributed by atoms with van der Waals surface area (Å²) < 4.78 is 4.99. The minimum absolute atomic E-state index is 0.00813. The molecule has 2 aromatic rings. The SMILES string of the molecule is COc1ccc(-c2nc(Cl)c(C(C)C)c(Cl)n2)cc1O. The van der Waals surface area contributed by atoms with E-state index in [-0.39, 0.29) is 11.7 Å². The standard InChI is InChI=1S/C14H14Cl2N2O2/c1-7(2)11-12(15)17-14(18-13(11)16)8-4-5-10(20-3)9(19)6-8/h4-7,19H,1-3H3. The average molecular weight is 313 g/mol. The molecule has 0 aliphatic carbocycles. The number of benzene rings is 1. The Morgan fingerprint density at radius 1 is 1.15 bits per heavy atom. The zero-order valence-electron chi connectivity index (χ0n) is 11.3. The van der Waals surface area contributed by atoms with Crippen LogP contribution in [0.5, 0.6) is 11.5 Å². The summed E-state index contributed by atoms with van der Waals surface area (Å²) in [5, 5.41) is 10.4. The van der Waals surface area contributed by atoms with E-state index in [0.717, 1.165) is 5.56 Å². The van der Waals surface area contributed by atoms with Crippen LogP contribution in [0.2, 0.25) is 10.3 Å². The van der Waals surface area contributed by atoms with Crippen molar-refractivity contribution in [3.05, 3.63) is 34.1 Å². The number of methoxy groups -OCH3 is 1.